The molecule has 2 fully saturated rings. The van der Waals surface area contributed by atoms with Crippen molar-refractivity contribution >= 4 is 11.8 Å². The summed E-state index contributed by atoms with van der Waals surface area (Å²) in [6.07, 6.45) is 1.57. The van der Waals surface area contributed by atoms with Crippen LogP contribution in [0.25, 0.3) is 0 Å². The molecule has 1 heterocycles. The first-order chi connectivity index (χ1) is 9.60. The molecule has 1 saturated carbocycles. The van der Waals surface area contributed by atoms with Crippen LogP contribution in [0, 0.1) is 0 Å². The number of amides is 2. The van der Waals surface area contributed by atoms with Crippen molar-refractivity contribution in [2.75, 3.05) is 26.2 Å². The number of piperazine rings is 1. The van der Waals surface area contributed by atoms with E-state index in [4.69, 9.17) is 5.73 Å². The van der Waals surface area contributed by atoms with Crippen LogP contribution < -0.4 is 5.73 Å². The van der Waals surface area contributed by atoms with Crippen molar-refractivity contribution in [1.29, 1.82) is 0 Å². The van der Waals surface area contributed by atoms with Crippen LogP contribution in [0.3, 0.4) is 0 Å². The van der Waals surface area contributed by atoms with Crippen LogP contribution in [0.1, 0.15) is 23.2 Å². The van der Waals surface area contributed by atoms with Gasteiger partial charge in [-0.1, -0.05) is 18.2 Å². The van der Waals surface area contributed by atoms with Crippen LogP contribution in [0.4, 0.5) is 0 Å². The number of hydrogen-bond acceptors (Lipinski definition) is 3. The zero-order chi connectivity index (χ0) is 14.2. The summed E-state index contributed by atoms with van der Waals surface area (Å²) >= 11 is 0. The molecule has 1 aromatic rings. The Bertz CT molecular complexity index is 517. The molecule has 2 N–H and O–H groups in total. The number of carbonyl (C=O) groups is 2. The molecule has 5 nitrogen and oxygen atoms in total. The molecular weight excluding hydrogens is 254 g/mol. The van der Waals surface area contributed by atoms with Gasteiger partial charge in [0, 0.05) is 31.7 Å². The van der Waals surface area contributed by atoms with Crippen LogP contribution in [-0.2, 0) is 4.79 Å². The highest BCUT2D eigenvalue weighted by Gasteiger charge is 2.48. The molecule has 3 rings (SSSR count). The van der Waals surface area contributed by atoms with E-state index in [-0.39, 0.29) is 11.8 Å². The summed E-state index contributed by atoms with van der Waals surface area (Å²) < 4.78 is 0. The maximum Gasteiger partial charge on any atom is 0.253 e. The second kappa shape index (κ2) is 4.90. The summed E-state index contributed by atoms with van der Waals surface area (Å²) in [7, 11) is 0. The van der Waals surface area contributed by atoms with Crippen molar-refractivity contribution in [2.45, 2.75) is 18.4 Å². The van der Waals surface area contributed by atoms with E-state index in [0.29, 0.717) is 31.7 Å². The Balaban J connectivity index is 1.59. The van der Waals surface area contributed by atoms with E-state index in [2.05, 4.69) is 0 Å². The van der Waals surface area contributed by atoms with Crippen molar-refractivity contribution < 1.29 is 9.59 Å². The van der Waals surface area contributed by atoms with E-state index in [0.717, 1.165) is 12.8 Å². The van der Waals surface area contributed by atoms with Crippen molar-refractivity contribution in [3.8, 4) is 0 Å². The fourth-order valence-corrected chi connectivity index (χ4v) is 2.54. The second-order valence-electron chi connectivity index (χ2n) is 5.61. The van der Waals surface area contributed by atoms with Crippen molar-refractivity contribution in [1.82, 2.24) is 9.80 Å². The summed E-state index contributed by atoms with van der Waals surface area (Å²) in [5.74, 6) is 0.0795. The Morgan fingerprint density at radius 2 is 1.50 bits per heavy atom. The third-order valence-electron chi connectivity index (χ3n) is 4.09. The number of benzene rings is 1. The van der Waals surface area contributed by atoms with E-state index in [1.807, 2.05) is 30.3 Å². The minimum atomic E-state index is -0.606. The number of nitrogens with two attached hydrogens (primary N) is 1. The summed E-state index contributed by atoms with van der Waals surface area (Å²) in [5, 5.41) is 0. The first-order valence-electron chi connectivity index (χ1n) is 7.03. The van der Waals surface area contributed by atoms with E-state index in [1.54, 1.807) is 9.80 Å². The number of rotatable bonds is 2. The van der Waals surface area contributed by atoms with Gasteiger partial charge in [-0.3, -0.25) is 9.59 Å². The molecule has 0 radical (unpaired) electrons. The third kappa shape index (κ3) is 2.41. The highest BCUT2D eigenvalue weighted by Crippen LogP contribution is 2.34. The van der Waals surface area contributed by atoms with Crippen molar-refractivity contribution in [2.24, 2.45) is 5.73 Å². The zero-order valence-electron chi connectivity index (χ0n) is 11.4. The van der Waals surface area contributed by atoms with Gasteiger partial charge in [0.25, 0.3) is 5.91 Å². The molecule has 20 heavy (non-hydrogen) atoms. The predicted molar refractivity (Wildman–Crippen MR) is 75.1 cm³/mol. The summed E-state index contributed by atoms with van der Waals surface area (Å²) in [6.45, 7) is 2.32. The van der Waals surface area contributed by atoms with Gasteiger partial charge in [0.05, 0.1) is 5.54 Å². The molecule has 2 amide bonds. The zero-order valence-corrected chi connectivity index (χ0v) is 11.4. The average molecular weight is 273 g/mol. The molecule has 0 aromatic heterocycles. The number of carbonyl (C=O) groups excluding carboxylic acids is 2. The van der Waals surface area contributed by atoms with Crippen LogP contribution in [-0.4, -0.2) is 53.3 Å². The normalized spacial score (nSPS) is 20.6. The topological polar surface area (TPSA) is 66.6 Å². The quantitative estimate of drug-likeness (QED) is 0.851. The van der Waals surface area contributed by atoms with E-state index < -0.39 is 5.54 Å². The largest absolute Gasteiger partial charge is 0.338 e. The SMILES string of the molecule is NC1(C(=O)N2CCN(C(=O)c3ccccc3)CC2)CC1. The van der Waals surface area contributed by atoms with Crippen molar-refractivity contribution in [3.63, 3.8) is 0 Å². The lowest BCUT2D eigenvalue weighted by Crippen LogP contribution is -2.55. The van der Waals surface area contributed by atoms with Gasteiger partial charge in [-0.05, 0) is 25.0 Å². The van der Waals surface area contributed by atoms with E-state index in [9.17, 15) is 9.59 Å². The van der Waals surface area contributed by atoms with Gasteiger partial charge in [-0.15, -0.1) is 0 Å². The van der Waals surface area contributed by atoms with Gasteiger partial charge in [0.15, 0.2) is 0 Å². The Hall–Kier alpha value is -1.88. The van der Waals surface area contributed by atoms with Crippen LogP contribution in [0.5, 0.6) is 0 Å². The lowest BCUT2D eigenvalue weighted by atomic mass is 10.1. The minimum Gasteiger partial charge on any atom is -0.338 e. The minimum absolute atomic E-state index is 0.0339. The highest BCUT2D eigenvalue weighted by atomic mass is 16.2. The number of nitrogens with zero attached hydrogens (tertiary/aromatic N) is 2. The molecule has 0 unspecified atom stereocenters. The summed E-state index contributed by atoms with van der Waals surface area (Å²) in [4.78, 5) is 28.0. The predicted octanol–water partition coefficient (Wildman–Crippen LogP) is 0.462. The highest BCUT2D eigenvalue weighted by molar-refractivity contribution is 5.94. The molecule has 0 spiro atoms. The van der Waals surface area contributed by atoms with Crippen LogP contribution in [0.15, 0.2) is 30.3 Å². The molecular formula is C15H19N3O2. The second-order valence-corrected chi connectivity index (χ2v) is 5.61. The first kappa shape index (κ1) is 13.1. The Morgan fingerprint density at radius 3 is 2.05 bits per heavy atom. The Kier molecular flexibility index (Phi) is 3.22. The average Bonchev–Trinajstić information content (AvgIpc) is 3.26. The van der Waals surface area contributed by atoms with Crippen molar-refractivity contribution in [3.05, 3.63) is 35.9 Å². The Labute approximate surface area is 118 Å². The summed E-state index contributed by atoms with van der Waals surface area (Å²) in [6, 6.07) is 9.25. The molecule has 2 aliphatic rings. The standard InChI is InChI=1S/C15H19N3O2/c16-15(6-7-15)14(20)18-10-8-17(9-11-18)13(19)12-4-2-1-3-5-12/h1-5H,6-11,16H2. The van der Waals surface area contributed by atoms with Gasteiger partial charge in [0.1, 0.15) is 0 Å². The van der Waals surface area contributed by atoms with Gasteiger partial charge >= 0.3 is 0 Å². The van der Waals surface area contributed by atoms with Gasteiger partial charge < -0.3 is 15.5 Å². The van der Waals surface area contributed by atoms with E-state index >= 15 is 0 Å². The van der Waals surface area contributed by atoms with Gasteiger partial charge in [0.2, 0.25) is 5.91 Å². The molecule has 1 aliphatic heterocycles. The maximum absolute atomic E-state index is 12.3. The molecule has 5 heteroatoms. The van der Waals surface area contributed by atoms with Crippen LogP contribution >= 0.6 is 0 Å². The molecule has 1 aliphatic carbocycles. The van der Waals surface area contributed by atoms with E-state index in [1.165, 1.54) is 0 Å². The fraction of sp³-hybridized carbons (Fsp3) is 0.467. The molecule has 0 atom stereocenters. The smallest absolute Gasteiger partial charge is 0.253 e. The molecule has 1 aromatic carbocycles. The lowest BCUT2D eigenvalue weighted by molar-refractivity contribution is -0.135. The van der Waals surface area contributed by atoms with Gasteiger partial charge in [-0.2, -0.15) is 0 Å². The molecule has 0 bridgehead atoms. The van der Waals surface area contributed by atoms with Crippen LogP contribution in [0.2, 0.25) is 0 Å². The molecule has 1 saturated heterocycles. The molecule has 106 valence electrons. The van der Waals surface area contributed by atoms with Gasteiger partial charge in [-0.25, -0.2) is 0 Å². The lowest BCUT2D eigenvalue weighted by Gasteiger charge is -2.36. The maximum atomic E-state index is 12.3. The fourth-order valence-electron chi connectivity index (χ4n) is 2.54. The Morgan fingerprint density at radius 1 is 0.950 bits per heavy atom. The third-order valence-corrected chi connectivity index (χ3v) is 4.09. The first-order valence-corrected chi connectivity index (χ1v) is 7.03. The summed E-state index contributed by atoms with van der Waals surface area (Å²) in [5.41, 5.74) is 6.03. The monoisotopic (exact) mass is 273 g/mol. The number of hydrogen-bond donors (Lipinski definition) is 1.